The number of nitrogens with one attached hydrogen (secondary N) is 2. The van der Waals surface area contributed by atoms with E-state index >= 15 is 0 Å². The second-order valence-electron chi connectivity index (χ2n) is 6.48. The fraction of sp³-hybridized carbons (Fsp3) is 0.647. The van der Waals surface area contributed by atoms with Gasteiger partial charge in [0.2, 0.25) is 0 Å². The summed E-state index contributed by atoms with van der Waals surface area (Å²) in [7, 11) is 1.70. The molecule has 1 aromatic rings. The summed E-state index contributed by atoms with van der Waals surface area (Å²) in [6, 6.07) is 4.11. The molecule has 0 bridgehead atoms. The lowest BCUT2D eigenvalue weighted by molar-refractivity contribution is 0.196. The Kier molecular flexibility index (Phi) is 7.05. The molecule has 1 saturated heterocycles. The minimum absolute atomic E-state index is 0.621. The van der Waals surface area contributed by atoms with Crippen molar-refractivity contribution in [1.29, 1.82) is 0 Å². The molecule has 128 valence electrons. The van der Waals surface area contributed by atoms with Gasteiger partial charge in [0.25, 0.3) is 0 Å². The topological polar surface area (TPSA) is 49.4 Å². The Hall–Kier alpha value is -1.40. The third kappa shape index (κ3) is 5.95. The highest BCUT2D eigenvalue weighted by atomic mass is 32.1. The summed E-state index contributed by atoms with van der Waals surface area (Å²) in [5, 5.41) is 6.94. The van der Waals surface area contributed by atoms with Crippen molar-refractivity contribution in [3.8, 4) is 0 Å². The lowest BCUT2D eigenvalue weighted by Gasteiger charge is -2.35. The molecule has 0 saturated carbocycles. The van der Waals surface area contributed by atoms with Crippen molar-refractivity contribution in [1.82, 2.24) is 10.3 Å². The maximum absolute atomic E-state index is 5.27. The summed E-state index contributed by atoms with van der Waals surface area (Å²) in [6.07, 6.45) is 4.09. The average Bonchev–Trinajstić information content (AvgIpc) is 2.51. The van der Waals surface area contributed by atoms with E-state index < -0.39 is 0 Å². The molecular formula is C17H28N4OS. The number of nitrogens with zero attached hydrogens (tertiary/aromatic N) is 2. The number of thiocarbonyl (C=S) groups is 1. The SMILES string of the molecule is COCCCNC(=S)Nc1ccc(N2C[C@@H](C)C[C@H](C)C2)nc1. The van der Waals surface area contributed by atoms with E-state index in [1.165, 1.54) is 6.42 Å². The van der Waals surface area contributed by atoms with Gasteiger partial charge in [-0.2, -0.15) is 0 Å². The van der Waals surface area contributed by atoms with Gasteiger partial charge in [0.05, 0.1) is 11.9 Å². The average molecular weight is 337 g/mol. The molecule has 0 radical (unpaired) electrons. The molecule has 2 atom stereocenters. The van der Waals surface area contributed by atoms with Crippen molar-refractivity contribution in [2.45, 2.75) is 26.7 Å². The molecule has 0 amide bonds. The molecular weight excluding hydrogens is 308 g/mol. The van der Waals surface area contributed by atoms with Gasteiger partial charge in [0.15, 0.2) is 5.11 Å². The number of aromatic nitrogens is 1. The van der Waals surface area contributed by atoms with Gasteiger partial charge in [-0.15, -0.1) is 0 Å². The van der Waals surface area contributed by atoms with Crippen LogP contribution in [0.2, 0.25) is 0 Å². The fourth-order valence-electron chi connectivity index (χ4n) is 3.09. The van der Waals surface area contributed by atoms with Crippen molar-refractivity contribution < 1.29 is 4.74 Å². The largest absolute Gasteiger partial charge is 0.385 e. The highest BCUT2D eigenvalue weighted by molar-refractivity contribution is 7.80. The molecule has 1 aliphatic rings. The third-order valence-electron chi connectivity index (χ3n) is 4.01. The lowest BCUT2D eigenvalue weighted by Crippen LogP contribution is -2.39. The minimum Gasteiger partial charge on any atom is -0.385 e. The van der Waals surface area contributed by atoms with Crippen molar-refractivity contribution in [2.75, 3.05) is 43.6 Å². The van der Waals surface area contributed by atoms with Crippen LogP contribution in [0.1, 0.15) is 26.7 Å². The number of ether oxygens (including phenoxy) is 1. The Morgan fingerprint density at radius 3 is 2.70 bits per heavy atom. The minimum atomic E-state index is 0.621. The second-order valence-corrected chi connectivity index (χ2v) is 6.89. The monoisotopic (exact) mass is 336 g/mol. The molecule has 1 aromatic heterocycles. The summed E-state index contributed by atoms with van der Waals surface area (Å²) in [5.74, 6) is 2.50. The van der Waals surface area contributed by atoms with E-state index in [0.29, 0.717) is 5.11 Å². The Morgan fingerprint density at radius 2 is 2.09 bits per heavy atom. The van der Waals surface area contributed by atoms with Crippen LogP contribution in [0.25, 0.3) is 0 Å². The van der Waals surface area contributed by atoms with E-state index in [9.17, 15) is 0 Å². The Morgan fingerprint density at radius 1 is 1.35 bits per heavy atom. The first-order valence-electron chi connectivity index (χ1n) is 8.33. The molecule has 1 fully saturated rings. The normalized spacial score (nSPS) is 21.1. The maximum atomic E-state index is 5.27. The molecule has 0 spiro atoms. The summed E-state index contributed by atoms with van der Waals surface area (Å²) in [4.78, 5) is 6.97. The van der Waals surface area contributed by atoms with Crippen LogP contribution in [-0.2, 0) is 4.74 Å². The summed E-state index contributed by atoms with van der Waals surface area (Å²) < 4.78 is 5.01. The molecule has 2 heterocycles. The van der Waals surface area contributed by atoms with E-state index in [4.69, 9.17) is 17.0 Å². The van der Waals surface area contributed by atoms with Crippen molar-refractivity contribution in [2.24, 2.45) is 11.8 Å². The number of anilines is 2. The molecule has 0 aromatic carbocycles. The zero-order valence-electron chi connectivity index (χ0n) is 14.3. The Balaban J connectivity index is 1.83. The van der Waals surface area contributed by atoms with Crippen LogP contribution in [0.3, 0.4) is 0 Å². The van der Waals surface area contributed by atoms with Crippen molar-refractivity contribution in [3.05, 3.63) is 18.3 Å². The van der Waals surface area contributed by atoms with Gasteiger partial charge in [0.1, 0.15) is 5.82 Å². The predicted octanol–water partition coefficient (Wildman–Crippen LogP) is 2.89. The second kappa shape index (κ2) is 9.03. The Bertz CT molecular complexity index is 484. The van der Waals surface area contributed by atoms with E-state index in [0.717, 1.165) is 56.0 Å². The highest BCUT2D eigenvalue weighted by Crippen LogP contribution is 2.25. The first kappa shape index (κ1) is 17.9. The van der Waals surface area contributed by atoms with Gasteiger partial charge in [-0.1, -0.05) is 13.8 Å². The molecule has 23 heavy (non-hydrogen) atoms. The van der Waals surface area contributed by atoms with Crippen LogP contribution in [0.4, 0.5) is 11.5 Å². The van der Waals surface area contributed by atoms with E-state index in [1.807, 2.05) is 12.3 Å². The molecule has 2 N–H and O–H groups in total. The van der Waals surface area contributed by atoms with Crippen LogP contribution < -0.4 is 15.5 Å². The first-order chi connectivity index (χ1) is 11.1. The summed E-state index contributed by atoms with van der Waals surface area (Å²) in [5.41, 5.74) is 0.913. The van der Waals surface area contributed by atoms with Gasteiger partial charge in [0, 0.05) is 33.4 Å². The summed E-state index contributed by atoms with van der Waals surface area (Å²) >= 11 is 5.27. The van der Waals surface area contributed by atoms with E-state index in [1.54, 1.807) is 7.11 Å². The molecule has 2 rings (SSSR count). The molecule has 1 aliphatic heterocycles. The van der Waals surface area contributed by atoms with Crippen LogP contribution in [0.15, 0.2) is 18.3 Å². The quantitative estimate of drug-likeness (QED) is 0.615. The fourth-order valence-corrected chi connectivity index (χ4v) is 3.31. The molecule has 6 heteroatoms. The number of hydrogen-bond acceptors (Lipinski definition) is 4. The van der Waals surface area contributed by atoms with Gasteiger partial charge in [-0.3, -0.25) is 0 Å². The zero-order chi connectivity index (χ0) is 16.7. The number of hydrogen-bond donors (Lipinski definition) is 2. The summed E-state index contributed by atoms with van der Waals surface area (Å²) in [6.45, 7) is 8.33. The number of pyridine rings is 1. The van der Waals surface area contributed by atoms with Gasteiger partial charge >= 0.3 is 0 Å². The number of rotatable bonds is 6. The van der Waals surface area contributed by atoms with Gasteiger partial charge < -0.3 is 20.3 Å². The van der Waals surface area contributed by atoms with Crippen molar-refractivity contribution >= 4 is 28.8 Å². The van der Waals surface area contributed by atoms with Crippen LogP contribution >= 0.6 is 12.2 Å². The van der Waals surface area contributed by atoms with Gasteiger partial charge in [-0.25, -0.2) is 4.98 Å². The lowest BCUT2D eigenvalue weighted by atomic mass is 9.92. The highest BCUT2D eigenvalue weighted by Gasteiger charge is 2.22. The van der Waals surface area contributed by atoms with Gasteiger partial charge in [-0.05, 0) is 49.0 Å². The standard InChI is InChI=1S/C17H28N4OS/c1-13-9-14(2)12-21(11-13)16-6-5-15(10-19-16)20-17(23)18-7-4-8-22-3/h5-6,10,13-14H,4,7-9,11-12H2,1-3H3,(H2,18,20,23)/t13-,14-/m0/s1. The number of piperidine rings is 1. The van der Waals surface area contributed by atoms with Crippen LogP contribution in [0, 0.1) is 11.8 Å². The van der Waals surface area contributed by atoms with Crippen molar-refractivity contribution in [3.63, 3.8) is 0 Å². The van der Waals surface area contributed by atoms with E-state index in [2.05, 4.69) is 40.4 Å². The molecule has 5 nitrogen and oxygen atoms in total. The van der Waals surface area contributed by atoms with Crippen LogP contribution in [-0.4, -0.2) is 43.4 Å². The smallest absolute Gasteiger partial charge is 0.170 e. The zero-order valence-corrected chi connectivity index (χ0v) is 15.2. The first-order valence-corrected chi connectivity index (χ1v) is 8.74. The third-order valence-corrected chi connectivity index (χ3v) is 4.26. The molecule has 0 unspecified atom stereocenters. The van der Waals surface area contributed by atoms with Crippen LogP contribution in [0.5, 0.6) is 0 Å². The Labute approximate surface area is 144 Å². The van der Waals surface area contributed by atoms with E-state index in [-0.39, 0.29) is 0 Å². The number of methoxy groups -OCH3 is 1. The predicted molar refractivity (Wildman–Crippen MR) is 100 cm³/mol. The molecule has 0 aliphatic carbocycles. The maximum Gasteiger partial charge on any atom is 0.170 e.